The number of benzene rings is 2. The van der Waals surface area contributed by atoms with Crippen LogP contribution in [0.15, 0.2) is 54.9 Å². The molecule has 5 heteroatoms. The number of nitrogens with one attached hydrogen (secondary N) is 2. The van der Waals surface area contributed by atoms with Crippen LogP contribution in [0.2, 0.25) is 0 Å². The average molecular weight is 347 g/mol. The van der Waals surface area contributed by atoms with Crippen LogP contribution in [0.1, 0.15) is 37.8 Å². The summed E-state index contributed by atoms with van der Waals surface area (Å²) in [5.41, 5.74) is 11.3. The molecular formula is C21H25N5. The van der Waals surface area contributed by atoms with E-state index in [9.17, 15) is 0 Å². The zero-order valence-corrected chi connectivity index (χ0v) is 15.5. The maximum atomic E-state index is 6.30. The molecule has 4 N–H and O–H groups in total. The van der Waals surface area contributed by atoms with Crippen LogP contribution in [0.5, 0.6) is 0 Å². The number of hydrogen-bond donors (Lipinski definition) is 3. The highest BCUT2D eigenvalue weighted by atomic mass is 15.1. The Labute approximate surface area is 154 Å². The molecule has 0 aliphatic carbocycles. The molecule has 0 atom stereocenters. The fraction of sp³-hybridized carbons (Fsp3) is 0.238. The Morgan fingerprint density at radius 3 is 2.23 bits per heavy atom. The fourth-order valence-electron chi connectivity index (χ4n) is 2.76. The van der Waals surface area contributed by atoms with Crippen LogP contribution >= 0.6 is 0 Å². The first-order valence-electron chi connectivity index (χ1n) is 8.91. The molecule has 0 unspecified atom stereocenters. The molecule has 3 rings (SSSR count). The second-order valence-electron chi connectivity index (χ2n) is 6.52. The molecule has 0 fully saturated rings. The van der Waals surface area contributed by atoms with Crippen molar-refractivity contribution >= 4 is 28.7 Å². The van der Waals surface area contributed by atoms with Crippen LogP contribution in [-0.2, 0) is 6.42 Å². The lowest BCUT2D eigenvalue weighted by atomic mass is 10.0. The van der Waals surface area contributed by atoms with E-state index in [1.807, 2.05) is 30.3 Å². The zero-order valence-electron chi connectivity index (χ0n) is 15.5. The molecule has 0 bridgehead atoms. The quantitative estimate of drug-likeness (QED) is 0.569. The number of rotatable bonds is 6. The third-order valence-electron chi connectivity index (χ3n) is 4.38. The first kappa shape index (κ1) is 17.7. The minimum absolute atomic E-state index is 0.492. The van der Waals surface area contributed by atoms with Crippen molar-refractivity contribution in [2.75, 3.05) is 16.4 Å². The summed E-state index contributed by atoms with van der Waals surface area (Å²) >= 11 is 0. The molecule has 0 aliphatic heterocycles. The molecule has 0 radical (unpaired) electrons. The maximum absolute atomic E-state index is 6.30. The number of aromatic nitrogens is 2. The Morgan fingerprint density at radius 1 is 0.923 bits per heavy atom. The van der Waals surface area contributed by atoms with Crippen LogP contribution in [-0.4, -0.2) is 9.97 Å². The fourth-order valence-corrected chi connectivity index (χ4v) is 2.76. The third-order valence-corrected chi connectivity index (χ3v) is 4.38. The summed E-state index contributed by atoms with van der Waals surface area (Å²) in [6.07, 6.45) is 2.44. The predicted molar refractivity (Wildman–Crippen MR) is 109 cm³/mol. The van der Waals surface area contributed by atoms with E-state index in [0.717, 1.165) is 17.8 Å². The van der Waals surface area contributed by atoms with E-state index < -0.39 is 0 Å². The number of nitrogens with two attached hydrogens (primary N) is 1. The highest BCUT2D eigenvalue weighted by molar-refractivity contribution is 5.80. The largest absolute Gasteiger partial charge is 0.393 e. The van der Waals surface area contributed by atoms with Crippen molar-refractivity contribution in [1.29, 1.82) is 0 Å². The Hall–Kier alpha value is -3.08. The molecule has 0 amide bonds. The van der Waals surface area contributed by atoms with Gasteiger partial charge in [-0.25, -0.2) is 9.97 Å². The molecule has 5 nitrogen and oxygen atoms in total. The smallest absolute Gasteiger partial charge is 0.159 e. The van der Waals surface area contributed by atoms with Crippen LogP contribution in [0.4, 0.5) is 28.7 Å². The standard InChI is InChI=1S/C21H25N5/c1-4-15-7-5-6-8-18(15)26-21-19(22)20(23-13-24-21)25-17-11-9-16(10-12-17)14(2)3/h5-14H,4,22H2,1-3H3,(H2,23,24,25,26). The van der Waals surface area contributed by atoms with Gasteiger partial charge in [-0.05, 0) is 41.7 Å². The normalized spacial score (nSPS) is 10.8. The number of nitrogen functional groups attached to an aromatic ring is 1. The van der Waals surface area contributed by atoms with Gasteiger partial charge in [-0.2, -0.15) is 0 Å². The Bertz CT molecular complexity index is 872. The van der Waals surface area contributed by atoms with Crippen molar-refractivity contribution in [3.05, 3.63) is 66.0 Å². The van der Waals surface area contributed by atoms with Gasteiger partial charge in [-0.3, -0.25) is 0 Å². The van der Waals surface area contributed by atoms with Gasteiger partial charge in [-0.1, -0.05) is 51.1 Å². The first-order valence-corrected chi connectivity index (χ1v) is 8.91. The second-order valence-corrected chi connectivity index (χ2v) is 6.52. The minimum atomic E-state index is 0.492. The summed E-state index contributed by atoms with van der Waals surface area (Å²) in [6, 6.07) is 16.4. The topological polar surface area (TPSA) is 75.9 Å². The van der Waals surface area contributed by atoms with Crippen LogP contribution < -0.4 is 16.4 Å². The third kappa shape index (κ3) is 3.94. The van der Waals surface area contributed by atoms with Crippen LogP contribution in [0.3, 0.4) is 0 Å². The van der Waals surface area contributed by atoms with Crippen LogP contribution in [0, 0.1) is 0 Å². The van der Waals surface area contributed by atoms with Crippen molar-refractivity contribution in [1.82, 2.24) is 9.97 Å². The summed E-state index contributed by atoms with van der Waals surface area (Å²) in [6.45, 7) is 6.48. The molecule has 1 aromatic heterocycles. The van der Waals surface area contributed by atoms with Crippen molar-refractivity contribution in [2.45, 2.75) is 33.1 Å². The summed E-state index contributed by atoms with van der Waals surface area (Å²) in [5.74, 6) is 1.69. The van der Waals surface area contributed by atoms with Gasteiger partial charge in [0.15, 0.2) is 11.6 Å². The number of para-hydroxylation sites is 1. The van der Waals surface area contributed by atoms with Gasteiger partial charge in [0, 0.05) is 11.4 Å². The first-order chi connectivity index (χ1) is 12.6. The average Bonchev–Trinajstić information content (AvgIpc) is 2.66. The zero-order chi connectivity index (χ0) is 18.5. The highest BCUT2D eigenvalue weighted by Gasteiger charge is 2.10. The minimum Gasteiger partial charge on any atom is -0.393 e. The van der Waals surface area contributed by atoms with Gasteiger partial charge < -0.3 is 16.4 Å². The molecule has 2 aromatic carbocycles. The van der Waals surface area contributed by atoms with Gasteiger partial charge >= 0.3 is 0 Å². The van der Waals surface area contributed by atoms with Gasteiger partial charge in [0.25, 0.3) is 0 Å². The molecule has 0 saturated carbocycles. The van der Waals surface area contributed by atoms with E-state index >= 15 is 0 Å². The highest BCUT2D eigenvalue weighted by Crippen LogP contribution is 2.29. The molecule has 3 aromatic rings. The molecule has 0 spiro atoms. The summed E-state index contributed by atoms with van der Waals surface area (Å²) in [5, 5.41) is 6.60. The lowest BCUT2D eigenvalue weighted by Crippen LogP contribution is -2.06. The molecular weight excluding hydrogens is 322 g/mol. The predicted octanol–water partition coefficient (Wildman–Crippen LogP) is 5.23. The van der Waals surface area contributed by atoms with Crippen molar-refractivity contribution in [2.24, 2.45) is 0 Å². The van der Waals surface area contributed by atoms with E-state index in [0.29, 0.717) is 23.2 Å². The monoisotopic (exact) mass is 347 g/mol. The summed E-state index contributed by atoms with van der Waals surface area (Å²) in [4.78, 5) is 8.59. The van der Waals surface area contributed by atoms with Gasteiger partial charge in [0.05, 0.1) is 0 Å². The molecule has 134 valence electrons. The maximum Gasteiger partial charge on any atom is 0.159 e. The van der Waals surface area contributed by atoms with E-state index in [1.54, 1.807) is 0 Å². The summed E-state index contributed by atoms with van der Waals surface area (Å²) < 4.78 is 0. The van der Waals surface area contributed by atoms with Crippen molar-refractivity contribution in [3.63, 3.8) is 0 Å². The second kappa shape index (κ2) is 7.87. The molecule has 1 heterocycles. The van der Waals surface area contributed by atoms with Gasteiger partial charge in [-0.15, -0.1) is 0 Å². The lowest BCUT2D eigenvalue weighted by molar-refractivity contribution is 0.867. The number of aryl methyl sites for hydroxylation is 1. The molecule has 26 heavy (non-hydrogen) atoms. The number of anilines is 5. The summed E-state index contributed by atoms with van der Waals surface area (Å²) in [7, 11) is 0. The van der Waals surface area contributed by atoms with Crippen LogP contribution in [0.25, 0.3) is 0 Å². The van der Waals surface area contributed by atoms with E-state index in [2.05, 4.69) is 59.6 Å². The SMILES string of the molecule is CCc1ccccc1Nc1ncnc(Nc2ccc(C(C)C)cc2)c1N. The van der Waals surface area contributed by atoms with E-state index in [4.69, 9.17) is 5.73 Å². The number of hydrogen-bond acceptors (Lipinski definition) is 5. The van der Waals surface area contributed by atoms with E-state index in [1.165, 1.54) is 17.5 Å². The number of nitrogens with zero attached hydrogens (tertiary/aromatic N) is 2. The van der Waals surface area contributed by atoms with E-state index in [-0.39, 0.29) is 0 Å². The Balaban J connectivity index is 1.83. The Morgan fingerprint density at radius 2 is 1.58 bits per heavy atom. The van der Waals surface area contributed by atoms with Gasteiger partial charge in [0.1, 0.15) is 12.0 Å². The molecule has 0 saturated heterocycles. The molecule has 0 aliphatic rings. The lowest BCUT2D eigenvalue weighted by Gasteiger charge is -2.15. The Kier molecular flexibility index (Phi) is 5.37. The van der Waals surface area contributed by atoms with Crippen molar-refractivity contribution < 1.29 is 0 Å². The van der Waals surface area contributed by atoms with Crippen molar-refractivity contribution in [3.8, 4) is 0 Å². The van der Waals surface area contributed by atoms with Gasteiger partial charge in [0.2, 0.25) is 0 Å².